The summed E-state index contributed by atoms with van der Waals surface area (Å²) in [5, 5.41) is 0. The van der Waals surface area contributed by atoms with Crippen LogP contribution in [0.5, 0.6) is 0 Å². The molecule has 0 fully saturated rings. The van der Waals surface area contributed by atoms with Crippen LogP contribution < -0.4 is 0 Å². The zero-order valence-electron chi connectivity index (χ0n) is 9.05. The molecule has 0 spiro atoms. The summed E-state index contributed by atoms with van der Waals surface area (Å²) in [7, 11) is 0. The first kappa shape index (κ1) is 11.3. The van der Waals surface area contributed by atoms with Gasteiger partial charge in [0.2, 0.25) is 0 Å². The molecule has 0 heterocycles. The van der Waals surface area contributed by atoms with E-state index < -0.39 is 0 Å². The van der Waals surface area contributed by atoms with Crippen molar-refractivity contribution in [3.05, 3.63) is 11.8 Å². The molecule has 2 nitrogen and oxygen atoms in total. The summed E-state index contributed by atoms with van der Waals surface area (Å²) >= 11 is 0. The molecule has 0 N–H and O–H groups in total. The largest absolute Gasteiger partial charge is 0.432 e. The van der Waals surface area contributed by atoms with Crippen molar-refractivity contribution in [2.75, 3.05) is 0 Å². The van der Waals surface area contributed by atoms with Gasteiger partial charge in [0.1, 0.15) is 5.76 Å². The smallest absolute Gasteiger partial charge is 0.307 e. The molecule has 1 aliphatic rings. The highest BCUT2D eigenvalue weighted by Gasteiger charge is 2.03. The number of rotatable bonds is 1. The van der Waals surface area contributed by atoms with Crippen molar-refractivity contribution in [1.29, 1.82) is 0 Å². The molecule has 0 amide bonds. The van der Waals surface area contributed by atoms with Gasteiger partial charge in [-0.2, -0.15) is 0 Å². The summed E-state index contributed by atoms with van der Waals surface area (Å²) in [6.07, 6.45) is 11.7. The Kier molecular flexibility index (Phi) is 5.35. The molecular formula is C12H20O2. The number of ether oxygens (including phenoxy) is 1. The van der Waals surface area contributed by atoms with E-state index >= 15 is 0 Å². The average molecular weight is 196 g/mol. The van der Waals surface area contributed by atoms with Gasteiger partial charge in [-0.05, 0) is 25.3 Å². The van der Waals surface area contributed by atoms with Gasteiger partial charge in [0.05, 0.1) is 0 Å². The minimum Gasteiger partial charge on any atom is -0.432 e. The highest BCUT2D eigenvalue weighted by Crippen LogP contribution is 2.17. The normalized spacial score (nSPS) is 23.4. The first-order valence-electron chi connectivity index (χ1n) is 5.66. The lowest BCUT2D eigenvalue weighted by Gasteiger charge is -2.09. The van der Waals surface area contributed by atoms with Crippen molar-refractivity contribution in [2.24, 2.45) is 0 Å². The molecule has 0 bridgehead atoms. The molecule has 1 aliphatic carbocycles. The van der Waals surface area contributed by atoms with E-state index in [9.17, 15) is 4.79 Å². The Morgan fingerprint density at radius 3 is 2.50 bits per heavy atom. The minimum absolute atomic E-state index is 0.187. The first-order valence-corrected chi connectivity index (χ1v) is 5.66. The minimum atomic E-state index is -0.187. The zero-order valence-corrected chi connectivity index (χ0v) is 9.05. The van der Waals surface area contributed by atoms with Gasteiger partial charge >= 0.3 is 5.97 Å². The molecule has 1 rings (SSSR count). The molecule has 0 saturated carbocycles. The van der Waals surface area contributed by atoms with Crippen LogP contribution in [0, 0.1) is 0 Å². The maximum Gasteiger partial charge on any atom is 0.307 e. The maximum atomic E-state index is 10.8. The fourth-order valence-corrected chi connectivity index (χ4v) is 1.79. The molecule has 80 valence electrons. The standard InChI is InChI=1S/C12H20O2/c1-11(13)14-12-9-7-5-3-2-4-6-8-10-12/h9H,2-8,10H2,1H3/b12-9-. The zero-order chi connectivity index (χ0) is 10.2. The van der Waals surface area contributed by atoms with Gasteiger partial charge in [-0.25, -0.2) is 0 Å². The fraction of sp³-hybridized carbons (Fsp3) is 0.750. The van der Waals surface area contributed by atoms with E-state index in [-0.39, 0.29) is 5.97 Å². The van der Waals surface area contributed by atoms with Crippen LogP contribution in [0.2, 0.25) is 0 Å². The van der Waals surface area contributed by atoms with Crippen LogP contribution in [0.1, 0.15) is 58.3 Å². The predicted molar refractivity (Wildman–Crippen MR) is 56.8 cm³/mol. The number of carbonyl (C=O) groups is 1. The average Bonchev–Trinajstić information content (AvgIpc) is 2.15. The third-order valence-electron chi connectivity index (χ3n) is 2.52. The Balaban J connectivity index is 2.41. The van der Waals surface area contributed by atoms with Crippen molar-refractivity contribution in [3.63, 3.8) is 0 Å². The quantitative estimate of drug-likeness (QED) is 0.599. The molecule has 0 atom stereocenters. The van der Waals surface area contributed by atoms with Crippen molar-refractivity contribution in [3.8, 4) is 0 Å². The molecule has 0 aromatic carbocycles. The predicted octanol–water partition coefficient (Wildman–Crippen LogP) is 3.57. The molecule has 0 aromatic rings. The van der Waals surface area contributed by atoms with Crippen LogP contribution in [0.15, 0.2) is 11.8 Å². The highest BCUT2D eigenvalue weighted by atomic mass is 16.5. The summed E-state index contributed by atoms with van der Waals surface area (Å²) < 4.78 is 5.15. The van der Waals surface area contributed by atoms with Crippen LogP contribution in [0.3, 0.4) is 0 Å². The number of carbonyl (C=O) groups excluding carboxylic acids is 1. The molecule has 0 aliphatic heterocycles. The van der Waals surface area contributed by atoms with Gasteiger partial charge in [-0.15, -0.1) is 0 Å². The summed E-state index contributed by atoms with van der Waals surface area (Å²) in [4.78, 5) is 10.8. The Labute approximate surface area is 86.3 Å². The third kappa shape index (κ3) is 5.05. The van der Waals surface area contributed by atoms with Crippen LogP contribution in [0.4, 0.5) is 0 Å². The maximum absolute atomic E-state index is 10.8. The van der Waals surface area contributed by atoms with Gasteiger partial charge in [0.15, 0.2) is 0 Å². The molecule has 0 unspecified atom stereocenters. The second-order valence-corrected chi connectivity index (χ2v) is 3.92. The molecule has 2 heteroatoms. The van der Waals surface area contributed by atoms with Crippen LogP contribution >= 0.6 is 0 Å². The molecule has 0 aromatic heterocycles. The van der Waals surface area contributed by atoms with E-state index in [0.717, 1.165) is 25.0 Å². The van der Waals surface area contributed by atoms with E-state index in [1.165, 1.54) is 39.0 Å². The molecule has 0 radical (unpaired) electrons. The van der Waals surface area contributed by atoms with Crippen molar-refractivity contribution < 1.29 is 9.53 Å². The lowest BCUT2D eigenvalue weighted by molar-refractivity contribution is -0.137. The van der Waals surface area contributed by atoms with E-state index in [2.05, 4.69) is 6.08 Å². The summed E-state index contributed by atoms with van der Waals surface area (Å²) in [5.41, 5.74) is 0. The fourth-order valence-electron chi connectivity index (χ4n) is 1.79. The number of hydrogen-bond donors (Lipinski definition) is 0. The van der Waals surface area contributed by atoms with Gasteiger partial charge in [0.25, 0.3) is 0 Å². The van der Waals surface area contributed by atoms with E-state index in [1.807, 2.05) is 0 Å². The topological polar surface area (TPSA) is 26.3 Å². The summed E-state index contributed by atoms with van der Waals surface area (Å²) in [6.45, 7) is 1.47. The first-order chi connectivity index (χ1) is 6.79. The number of allylic oxidation sites excluding steroid dienone is 2. The lowest BCUT2D eigenvalue weighted by atomic mass is 10.0. The molecule has 0 saturated heterocycles. The molecule has 14 heavy (non-hydrogen) atoms. The molecular weight excluding hydrogens is 176 g/mol. The highest BCUT2D eigenvalue weighted by molar-refractivity contribution is 5.67. The Morgan fingerprint density at radius 1 is 1.14 bits per heavy atom. The van der Waals surface area contributed by atoms with E-state index in [4.69, 9.17) is 4.74 Å². The number of esters is 1. The Bertz CT molecular complexity index is 206. The van der Waals surface area contributed by atoms with Crippen molar-refractivity contribution >= 4 is 5.97 Å². The van der Waals surface area contributed by atoms with E-state index in [1.54, 1.807) is 0 Å². The van der Waals surface area contributed by atoms with Gasteiger partial charge < -0.3 is 4.74 Å². The van der Waals surface area contributed by atoms with Crippen LogP contribution in [0.25, 0.3) is 0 Å². The van der Waals surface area contributed by atoms with Crippen molar-refractivity contribution in [1.82, 2.24) is 0 Å². The van der Waals surface area contributed by atoms with Gasteiger partial charge in [-0.3, -0.25) is 4.79 Å². The Morgan fingerprint density at radius 2 is 1.79 bits per heavy atom. The lowest BCUT2D eigenvalue weighted by Crippen LogP contribution is -2.00. The summed E-state index contributed by atoms with van der Waals surface area (Å²) in [5.74, 6) is 0.702. The summed E-state index contributed by atoms with van der Waals surface area (Å²) in [6, 6.07) is 0. The van der Waals surface area contributed by atoms with Gasteiger partial charge in [-0.1, -0.05) is 25.7 Å². The third-order valence-corrected chi connectivity index (χ3v) is 2.52. The monoisotopic (exact) mass is 196 g/mol. The van der Waals surface area contributed by atoms with E-state index in [0.29, 0.717) is 0 Å². The van der Waals surface area contributed by atoms with Gasteiger partial charge in [0, 0.05) is 13.3 Å². The Hall–Kier alpha value is -0.790. The second-order valence-electron chi connectivity index (χ2n) is 3.92. The SMILES string of the molecule is CC(=O)O/C1=C\CCCCCCCC1. The number of hydrogen-bond acceptors (Lipinski definition) is 2. The van der Waals surface area contributed by atoms with Crippen LogP contribution in [-0.4, -0.2) is 5.97 Å². The van der Waals surface area contributed by atoms with Crippen molar-refractivity contribution in [2.45, 2.75) is 58.3 Å². The van der Waals surface area contributed by atoms with Crippen LogP contribution in [-0.2, 0) is 9.53 Å². The second kappa shape index (κ2) is 6.63.